The smallest absolute Gasteiger partial charge is 0.343 e. The van der Waals surface area contributed by atoms with Gasteiger partial charge in [0.05, 0.1) is 7.11 Å². The number of ether oxygens (including phenoxy) is 2. The van der Waals surface area contributed by atoms with Crippen molar-refractivity contribution in [3.8, 4) is 5.75 Å². The highest BCUT2D eigenvalue weighted by atomic mass is 16.6. The molecular formula is C11H13NO5. The Hall–Kier alpha value is -2.08. The lowest BCUT2D eigenvalue weighted by atomic mass is 10.3. The van der Waals surface area contributed by atoms with E-state index in [1.807, 2.05) is 0 Å². The van der Waals surface area contributed by atoms with Crippen molar-refractivity contribution >= 4 is 17.6 Å². The Kier molecular flexibility index (Phi) is 4.96. The van der Waals surface area contributed by atoms with E-state index < -0.39 is 18.5 Å². The third-order valence-electron chi connectivity index (χ3n) is 1.87. The number of esters is 1. The maximum Gasteiger partial charge on any atom is 0.343 e. The molecule has 0 saturated carbocycles. The number of anilines is 1. The Morgan fingerprint density at radius 3 is 2.47 bits per heavy atom. The summed E-state index contributed by atoms with van der Waals surface area (Å²) in [5.41, 5.74) is 0.537. The second-order valence-electron chi connectivity index (χ2n) is 3.10. The molecule has 0 aliphatic heterocycles. The number of methoxy groups -OCH3 is 1. The van der Waals surface area contributed by atoms with E-state index >= 15 is 0 Å². The summed E-state index contributed by atoms with van der Waals surface area (Å²) < 4.78 is 9.52. The van der Waals surface area contributed by atoms with Crippen LogP contribution in [-0.4, -0.2) is 37.3 Å². The standard InChI is InChI=1S/C11H13NO5/c1-16-11(15)7-17-9-4-2-8(3-5-9)12-10(14)6-13/h2-5,13H,6-7H2,1H3,(H,12,14). The van der Waals surface area contributed by atoms with Crippen LogP contribution >= 0.6 is 0 Å². The molecule has 6 nitrogen and oxygen atoms in total. The number of carbonyl (C=O) groups is 2. The zero-order chi connectivity index (χ0) is 12.7. The summed E-state index contributed by atoms with van der Waals surface area (Å²) in [5, 5.41) is 11.0. The number of aliphatic hydroxyl groups excluding tert-OH is 1. The summed E-state index contributed by atoms with van der Waals surface area (Å²) in [6.45, 7) is -0.737. The maximum absolute atomic E-state index is 10.9. The summed E-state index contributed by atoms with van der Waals surface area (Å²) in [6, 6.07) is 6.38. The quantitative estimate of drug-likeness (QED) is 0.715. The molecule has 0 unspecified atom stereocenters. The van der Waals surface area contributed by atoms with Crippen molar-refractivity contribution in [2.45, 2.75) is 0 Å². The molecule has 0 heterocycles. The van der Waals surface area contributed by atoms with Gasteiger partial charge in [-0.25, -0.2) is 4.79 Å². The van der Waals surface area contributed by atoms with Gasteiger partial charge < -0.3 is 19.9 Å². The topological polar surface area (TPSA) is 84.9 Å². The fourth-order valence-corrected chi connectivity index (χ4v) is 1.04. The van der Waals surface area contributed by atoms with Crippen LogP contribution in [0.15, 0.2) is 24.3 Å². The van der Waals surface area contributed by atoms with Crippen molar-refractivity contribution in [1.82, 2.24) is 0 Å². The molecule has 0 aliphatic rings. The Labute approximate surface area is 98.2 Å². The van der Waals surface area contributed by atoms with Crippen LogP contribution in [0.25, 0.3) is 0 Å². The number of amides is 1. The zero-order valence-corrected chi connectivity index (χ0v) is 9.30. The van der Waals surface area contributed by atoms with Crippen molar-refractivity contribution < 1.29 is 24.2 Å². The highest BCUT2D eigenvalue weighted by Crippen LogP contribution is 2.15. The fourth-order valence-electron chi connectivity index (χ4n) is 1.04. The van der Waals surface area contributed by atoms with Gasteiger partial charge in [0, 0.05) is 5.69 Å². The van der Waals surface area contributed by atoms with Gasteiger partial charge in [-0.3, -0.25) is 4.79 Å². The third-order valence-corrected chi connectivity index (χ3v) is 1.87. The van der Waals surface area contributed by atoms with Crippen molar-refractivity contribution in [1.29, 1.82) is 0 Å². The maximum atomic E-state index is 10.9. The van der Waals surface area contributed by atoms with Crippen LogP contribution in [0.1, 0.15) is 0 Å². The number of carbonyl (C=O) groups excluding carboxylic acids is 2. The minimum atomic E-state index is -0.569. The first-order valence-electron chi connectivity index (χ1n) is 4.86. The Morgan fingerprint density at radius 2 is 1.94 bits per heavy atom. The molecule has 1 aromatic carbocycles. The molecule has 0 bridgehead atoms. The van der Waals surface area contributed by atoms with Gasteiger partial charge in [0.1, 0.15) is 12.4 Å². The predicted molar refractivity (Wildman–Crippen MR) is 59.7 cm³/mol. The fraction of sp³-hybridized carbons (Fsp3) is 0.273. The molecule has 1 aromatic rings. The number of hydrogen-bond donors (Lipinski definition) is 2. The molecule has 0 aliphatic carbocycles. The molecule has 92 valence electrons. The van der Waals surface area contributed by atoms with Crippen molar-refractivity contribution in [2.75, 3.05) is 25.6 Å². The normalized spacial score (nSPS) is 9.53. The zero-order valence-electron chi connectivity index (χ0n) is 9.30. The molecule has 2 N–H and O–H groups in total. The molecule has 17 heavy (non-hydrogen) atoms. The van der Waals surface area contributed by atoms with E-state index in [0.29, 0.717) is 11.4 Å². The summed E-state index contributed by atoms with van der Waals surface area (Å²) in [4.78, 5) is 21.7. The highest BCUT2D eigenvalue weighted by Gasteiger charge is 2.03. The summed E-state index contributed by atoms with van der Waals surface area (Å²) >= 11 is 0. The average molecular weight is 239 g/mol. The lowest BCUT2D eigenvalue weighted by molar-refractivity contribution is -0.142. The third kappa shape index (κ3) is 4.52. The second-order valence-corrected chi connectivity index (χ2v) is 3.10. The average Bonchev–Trinajstić information content (AvgIpc) is 2.37. The van der Waals surface area contributed by atoms with E-state index in [-0.39, 0.29) is 6.61 Å². The van der Waals surface area contributed by atoms with E-state index in [0.717, 1.165) is 0 Å². The van der Waals surface area contributed by atoms with Gasteiger partial charge in [0.2, 0.25) is 5.91 Å². The van der Waals surface area contributed by atoms with Gasteiger partial charge in [-0.2, -0.15) is 0 Å². The number of benzene rings is 1. The molecule has 0 fully saturated rings. The molecule has 0 spiro atoms. The van der Waals surface area contributed by atoms with Crippen LogP contribution in [0.3, 0.4) is 0 Å². The van der Waals surface area contributed by atoms with Gasteiger partial charge in [-0.1, -0.05) is 0 Å². The molecule has 0 atom stereocenters. The lowest BCUT2D eigenvalue weighted by Gasteiger charge is -2.06. The van der Waals surface area contributed by atoms with Crippen LogP contribution in [0.4, 0.5) is 5.69 Å². The largest absolute Gasteiger partial charge is 0.482 e. The summed E-state index contributed by atoms with van der Waals surface area (Å²) in [7, 11) is 1.28. The highest BCUT2D eigenvalue weighted by molar-refractivity contribution is 5.91. The van der Waals surface area contributed by atoms with Gasteiger partial charge in [0.25, 0.3) is 0 Å². The Bertz CT molecular complexity index is 387. The molecule has 1 rings (SSSR count). The van der Waals surface area contributed by atoms with Crippen LogP contribution in [0.5, 0.6) is 5.75 Å². The van der Waals surface area contributed by atoms with Gasteiger partial charge in [0.15, 0.2) is 6.61 Å². The van der Waals surface area contributed by atoms with Crippen LogP contribution in [0.2, 0.25) is 0 Å². The molecule has 0 saturated heterocycles. The number of hydrogen-bond acceptors (Lipinski definition) is 5. The van der Waals surface area contributed by atoms with E-state index in [4.69, 9.17) is 9.84 Å². The van der Waals surface area contributed by atoms with E-state index in [2.05, 4.69) is 10.1 Å². The monoisotopic (exact) mass is 239 g/mol. The van der Waals surface area contributed by atoms with E-state index in [9.17, 15) is 9.59 Å². The molecule has 0 radical (unpaired) electrons. The SMILES string of the molecule is COC(=O)COc1ccc(NC(=O)CO)cc1. The first kappa shape index (κ1) is 13.0. The molecular weight excluding hydrogens is 226 g/mol. The number of rotatable bonds is 5. The lowest BCUT2D eigenvalue weighted by Crippen LogP contribution is -2.15. The summed E-state index contributed by atoms with van der Waals surface area (Å²) in [6.07, 6.45) is 0. The molecule has 0 aromatic heterocycles. The summed E-state index contributed by atoms with van der Waals surface area (Å²) in [5.74, 6) is -0.478. The van der Waals surface area contributed by atoms with Gasteiger partial charge in [-0.15, -0.1) is 0 Å². The minimum absolute atomic E-state index is 0.168. The van der Waals surface area contributed by atoms with Crippen molar-refractivity contribution in [2.24, 2.45) is 0 Å². The second kappa shape index (κ2) is 6.49. The van der Waals surface area contributed by atoms with Crippen molar-refractivity contribution in [3.63, 3.8) is 0 Å². The van der Waals surface area contributed by atoms with Crippen LogP contribution in [0, 0.1) is 0 Å². The van der Waals surface area contributed by atoms with E-state index in [1.165, 1.54) is 7.11 Å². The van der Waals surface area contributed by atoms with Gasteiger partial charge >= 0.3 is 5.97 Å². The van der Waals surface area contributed by atoms with Crippen molar-refractivity contribution in [3.05, 3.63) is 24.3 Å². The van der Waals surface area contributed by atoms with Crippen LogP contribution < -0.4 is 10.1 Å². The van der Waals surface area contributed by atoms with Crippen LogP contribution in [-0.2, 0) is 14.3 Å². The predicted octanol–water partition coefficient (Wildman–Crippen LogP) is 0.169. The molecule has 1 amide bonds. The number of nitrogens with one attached hydrogen (secondary N) is 1. The first-order chi connectivity index (χ1) is 8.15. The minimum Gasteiger partial charge on any atom is -0.482 e. The first-order valence-corrected chi connectivity index (χ1v) is 4.86. The Balaban J connectivity index is 2.50. The van der Waals surface area contributed by atoms with E-state index in [1.54, 1.807) is 24.3 Å². The van der Waals surface area contributed by atoms with Gasteiger partial charge in [-0.05, 0) is 24.3 Å². The number of aliphatic hydroxyl groups is 1. The molecule has 6 heteroatoms. The Morgan fingerprint density at radius 1 is 1.29 bits per heavy atom.